The summed E-state index contributed by atoms with van der Waals surface area (Å²) in [5, 5.41) is 29.3. The minimum atomic E-state index is -0.275. The average molecular weight is 521 g/mol. The Morgan fingerprint density at radius 3 is 2.51 bits per heavy atom. The molecular formula is C29H33ClN4O3. The van der Waals surface area contributed by atoms with Crippen LogP contribution in [0.5, 0.6) is 5.75 Å². The van der Waals surface area contributed by atoms with Crippen molar-refractivity contribution in [2.75, 3.05) is 44.4 Å². The van der Waals surface area contributed by atoms with Gasteiger partial charge in [-0.1, -0.05) is 37.6 Å². The zero-order chi connectivity index (χ0) is 26.4. The minimum Gasteiger partial charge on any atom is -0.491 e. The van der Waals surface area contributed by atoms with Crippen LogP contribution in [0.1, 0.15) is 54.2 Å². The molecule has 0 unspecified atom stereocenters. The van der Waals surface area contributed by atoms with Crippen LogP contribution in [-0.2, 0) is 0 Å². The highest BCUT2D eigenvalue weighted by Gasteiger charge is 2.34. The molecule has 4 rings (SSSR count). The third-order valence-corrected chi connectivity index (χ3v) is 7.08. The Hall–Kier alpha value is -3.15. The first kappa shape index (κ1) is 26.9. The van der Waals surface area contributed by atoms with Crippen molar-refractivity contribution in [1.29, 1.82) is 5.26 Å². The number of aliphatic hydroxyl groups excluding tert-OH is 2. The van der Waals surface area contributed by atoms with E-state index in [1.807, 2.05) is 24.3 Å². The number of rotatable bonds is 9. The molecule has 2 atom stereocenters. The minimum absolute atomic E-state index is 0.0140. The summed E-state index contributed by atoms with van der Waals surface area (Å²) in [4.78, 5) is 9.15. The van der Waals surface area contributed by atoms with Crippen molar-refractivity contribution in [3.63, 3.8) is 0 Å². The van der Waals surface area contributed by atoms with E-state index in [0.29, 0.717) is 17.1 Å². The predicted octanol–water partition coefficient (Wildman–Crippen LogP) is 4.70. The molecule has 37 heavy (non-hydrogen) atoms. The molecule has 1 aromatic heterocycles. The zero-order valence-corrected chi connectivity index (χ0v) is 22.0. The highest BCUT2D eigenvalue weighted by Crippen LogP contribution is 2.39. The molecule has 0 bridgehead atoms. The summed E-state index contributed by atoms with van der Waals surface area (Å²) < 4.78 is 5.70. The second-order valence-electron chi connectivity index (χ2n) is 9.48. The van der Waals surface area contributed by atoms with Gasteiger partial charge in [0.1, 0.15) is 18.4 Å². The maximum Gasteiger partial charge on any atom is 0.119 e. The number of hydrogen-bond donors (Lipinski definition) is 2. The lowest BCUT2D eigenvalue weighted by Crippen LogP contribution is -2.50. The fourth-order valence-corrected chi connectivity index (χ4v) is 5.05. The van der Waals surface area contributed by atoms with E-state index in [2.05, 4.69) is 59.0 Å². The van der Waals surface area contributed by atoms with Gasteiger partial charge in [0.25, 0.3) is 0 Å². The lowest BCUT2D eigenvalue weighted by molar-refractivity contribution is 0.100. The van der Waals surface area contributed by atoms with Crippen LogP contribution in [0.2, 0.25) is 5.02 Å². The number of halogens is 1. The van der Waals surface area contributed by atoms with E-state index in [-0.39, 0.29) is 37.8 Å². The first-order chi connectivity index (χ1) is 17.9. The molecule has 194 valence electrons. The van der Waals surface area contributed by atoms with Gasteiger partial charge in [0.05, 0.1) is 36.6 Å². The fraction of sp³-hybridized carbons (Fsp3) is 0.379. The Morgan fingerprint density at radius 1 is 1.11 bits per heavy atom. The van der Waals surface area contributed by atoms with Crippen molar-refractivity contribution < 1.29 is 14.9 Å². The van der Waals surface area contributed by atoms with Gasteiger partial charge < -0.3 is 19.8 Å². The fourth-order valence-electron chi connectivity index (χ4n) is 4.92. The number of aromatic nitrogens is 1. The molecule has 2 heterocycles. The molecule has 1 aliphatic heterocycles. The van der Waals surface area contributed by atoms with Crippen molar-refractivity contribution in [2.24, 2.45) is 0 Å². The third kappa shape index (κ3) is 6.23. The molecule has 2 aromatic carbocycles. The van der Waals surface area contributed by atoms with E-state index in [1.165, 1.54) is 5.56 Å². The zero-order valence-electron chi connectivity index (χ0n) is 21.2. The Morgan fingerprint density at radius 2 is 1.89 bits per heavy atom. The molecule has 1 saturated heterocycles. The van der Waals surface area contributed by atoms with E-state index in [0.717, 1.165) is 35.8 Å². The van der Waals surface area contributed by atoms with Crippen molar-refractivity contribution in [3.8, 4) is 11.8 Å². The van der Waals surface area contributed by atoms with Crippen LogP contribution < -0.4 is 9.64 Å². The number of anilines is 1. The number of nitrogens with zero attached hydrogens (tertiary/aromatic N) is 4. The highest BCUT2D eigenvalue weighted by molar-refractivity contribution is 6.30. The topological polar surface area (TPSA) is 92.9 Å². The summed E-state index contributed by atoms with van der Waals surface area (Å²) in [5.41, 5.74) is 4.70. The molecule has 0 amide bonds. The first-order valence-corrected chi connectivity index (χ1v) is 12.9. The average Bonchev–Trinajstić information content (AvgIpc) is 2.93. The second-order valence-corrected chi connectivity index (χ2v) is 9.92. The van der Waals surface area contributed by atoms with Gasteiger partial charge in [0.15, 0.2) is 0 Å². The van der Waals surface area contributed by atoms with Gasteiger partial charge in [-0.15, -0.1) is 0 Å². The molecule has 3 aromatic rings. The molecule has 1 fully saturated rings. The van der Waals surface area contributed by atoms with Crippen LogP contribution in [0, 0.1) is 11.3 Å². The van der Waals surface area contributed by atoms with E-state index in [4.69, 9.17) is 26.7 Å². The lowest BCUT2D eigenvalue weighted by atomic mass is 9.95. The predicted molar refractivity (Wildman–Crippen MR) is 145 cm³/mol. The molecule has 0 saturated carbocycles. The number of nitriles is 1. The van der Waals surface area contributed by atoms with Crippen molar-refractivity contribution in [2.45, 2.75) is 31.8 Å². The largest absolute Gasteiger partial charge is 0.491 e. The van der Waals surface area contributed by atoms with E-state index >= 15 is 0 Å². The first-order valence-electron chi connectivity index (χ1n) is 12.6. The third-order valence-electron chi connectivity index (χ3n) is 6.83. The second kappa shape index (κ2) is 12.4. The summed E-state index contributed by atoms with van der Waals surface area (Å²) >= 11 is 6.22. The number of aliphatic hydroxyl groups is 2. The normalized spacial score (nSPS) is 17.0. The summed E-state index contributed by atoms with van der Waals surface area (Å²) in [7, 11) is 0. The van der Waals surface area contributed by atoms with Crippen LogP contribution in [0.4, 0.5) is 5.69 Å². The lowest BCUT2D eigenvalue weighted by Gasteiger charge is -2.46. The van der Waals surface area contributed by atoms with Crippen LogP contribution >= 0.6 is 11.6 Å². The number of ether oxygens (including phenoxy) is 1. The van der Waals surface area contributed by atoms with Gasteiger partial charge in [-0.2, -0.15) is 5.26 Å². The molecule has 1 aliphatic rings. The number of piperazine rings is 1. The van der Waals surface area contributed by atoms with Gasteiger partial charge in [-0.25, -0.2) is 0 Å². The Labute approximate surface area is 223 Å². The summed E-state index contributed by atoms with van der Waals surface area (Å²) in [5.74, 6) is 1.01. The summed E-state index contributed by atoms with van der Waals surface area (Å²) in [6, 6.07) is 19.5. The van der Waals surface area contributed by atoms with Gasteiger partial charge in [0.2, 0.25) is 0 Å². The molecule has 7 nitrogen and oxygen atoms in total. The summed E-state index contributed by atoms with van der Waals surface area (Å²) in [6.45, 7) is 6.65. The Balaban J connectivity index is 1.69. The van der Waals surface area contributed by atoms with Gasteiger partial charge in [0, 0.05) is 36.5 Å². The van der Waals surface area contributed by atoms with E-state index in [9.17, 15) is 5.11 Å². The van der Waals surface area contributed by atoms with E-state index < -0.39 is 0 Å². The van der Waals surface area contributed by atoms with Crippen LogP contribution in [-0.4, -0.2) is 59.6 Å². The molecule has 8 heteroatoms. The van der Waals surface area contributed by atoms with Gasteiger partial charge >= 0.3 is 0 Å². The van der Waals surface area contributed by atoms with Crippen molar-refractivity contribution in [3.05, 3.63) is 88.2 Å². The van der Waals surface area contributed by atoms with Crippen molar-refractivity contribution in [1.82, 2.24) is 9.88 Å². The monoisotopic (exact) mass is 520 g/mol. The van der Waals surface area contributed by atoms with Crippen LogP contribution in [0.15, 0.2) is 60.8 Å². The maximum absolute atomic E-state index is 10.3. The quantitative estimate of drug-likeness (QED) is 0.422. The number of benzene rings is 2. The van der Waals surface area contributed by atoms with Crippen molar-refractivity contribution >= 4 is 17.3 Å². The molecular weight excluding hydrogens is 488 g/mol. The van der Waals surface area contributed by atoms with E-state index in [1.54, 1.807) is 12.3 Å². The summed E-state index contributed by atoms with van der Waals surface area (Å²) in [6.07, 6.45) is 1.56. The number of hydrogen-bond acceptors (Lipinski definition) is 7. The molecule has 0 radical (unpaired) electrons. The van der Waals surface area contributed by atoms with Gasteiger partial charge in [-0.3, -0.25) is 9.88 Å². The SMILES string of the molecule is CC(C)c1cc(OCCO)ccc1N1CCN([C@H](CO)c2ccc(C#N)cn2)C[C@H]1c1ccc(Cl)cc1. The number of pyridine rings is 1. The standard InChI is InChI=1S/C29H33ClN4O3/c1-20(2)25-15-24(37-14-13-35)8-10-27(25)34-12-11-33(18-28(34)22-4-6-23(30)7-5-22)29(19-36)26-9-3-21(16-31)17-32-26/h3-10,15,17,20,28-29,35-36H,11-14,18-19H2,1-2H3/t28-,29+/m0/s1. The molecule has 0 spiro atoms. The maximum atomic E-state index is 10.3. The Bertz CT molecular complexity index is 1210. The smallest absolute Gasteiger partial charge is 0.119 e. The van der Waals surface area contributed by atoms with Crippen LogP contribution in [0.25, 0.3) is 0 Å². The van der Waals surface area contributed by atoms with Gasteiger partial charge in [-0.05, 0) is 59.5 Å². The molecule has 0 aliphatic carbocycles. The molecule has 2 N–H and O–H groups in total. The Kier molecular flexibility index (Phi) is 9.01. The van der Waals surface area contributed by atoms with Crippen LogP contribution in [0.3, 0.4) is 0 Å². The highest BCUT2D eigenvalue weighted by atomic mass is 35.5.